The van der Waals surface area contributed by atoms with Gasteiger partial charge < -0.3 is 9.57 Å². The second-order valence-electron chi connectivity index (χ2n) is 11.3. The van der Waals surface area contributed by atoms with E-state index in [0.717, 1.165) is 12.1 Å². The van der Waals surface area contributed by atoms with Gasteiger partial charge in [0.05, 0.1) is 21.4 Å². The third-order valence-electron chi connectivity index (χ3n) is 7.76. The standard InChI is InChI=1S/C28H25ClF8N2O6S/c29-21-10-16(27(32,33)34)11-23(24(21)31)44-17-5-7-38(8-6-17)13-15-9-22(30)20(12-19(15)14-1-2-14)25(40)39(45-26(41)28(35,36)37)46(42,43)18-3-4-18/h9-12,14,17-18H,1-8,13H2. The van der Waals surface area contributed by atoms with Crippen LogP contribution in [0.2, 0.25) is 5.02 Å². The predicted octanol–water partition coefficient (Wildman–Crippen LogP) is 6.51. The molecule has 3 aliphatic rings. The number of alkyl halides is 6. The van der Waals surface area contributed by atoms with Crippen LogP contribution in [-0.4, -0.2) is 60.3 Å². The number of amides is 1. The number of sulfonamides is 1. The summed E-state index contributed by atoms with van der Waals surface area (Å²) in [7, 11) is -4.87. The first-order chi connectivity index (χ1) is 21.4. The number of ether oxygens (including phenoxy) is 1. The van der Waals surface area contributed by atoms with E-state index >= 15 is 4.39 Å². The number of hydroxylamine groups is 1. The SMILES string of the molecule is O=C(c1cc(C2CC2)c(CN2CCC(Oc3cc(C(F)(F)F)cc(Cl)c3F)CC2)cc1F)N(OC(=O)C(F)(F)F)S(=O)(=O)C1CC1. The van der Waals surface area contributed by atoms with Gasteiger partial charge in [-0.15, -0.1) is 0 Å². The summed E-state index contributed by atoms with van der Waals surface area (Å²) in [5.41, 5.74) is -1.20. The molecule has 0 atom stereocenters. The van der Waals surface area contributed by atoms with Crippen molar-refractivity contribution in [1.82, 2.24) is 9.37 Å². The smallest absolute Gasteiger partial charge is 0.487 e. The number of carbonyl (C=O) groups excluding carboxylic acids is 2. The molecule has 1 aliphatic heterocycles. The first-order valence-electron chi connectivity index (χ1n) is 14.0. The fraction of sp³-hybridized carbons (Fsp3) is 0.500. The molecule has 2 saturated carbocycles. The molecule has 3 fully saturated rings. The zero-order chi connectivity index (χ0) is 33.8. The lowest BCUT2D eigenvalue weighted by molar-refractivity contribution is -0.217. The molecule has 0 bridgehead atoms. The quantitative estimate of drug-likeness (QED) is 0.229. The summed E-state index contributed by atoms with van der Waals surface area (Å²) in [5, 5.41) is -2.01. The van der Waals surface area contributed by atoms with Crippen LogP contribution in [0.5, 0.6) is 5.75 Å². The van der Waals surface area contributed by atoms with Crippen LogP contribution in [0.3, 0.4) is 0 Å². The number of carbonyl (C=O) groups is 2. The Balaban J connectivity index is 1.31. The molecule has 8 nitrogen and oxygen atoms in total. The van der Waals surface area contributed by atoms with Gasteiger partial charge >= 0.3 is 24.2 Å². The number of benzene rings is 2. The molecule has 1 heterocycles. The van der Waals surface area contributed by atoms with Gasteiger partial charge in [0, 0.05) is 19.6 Å². The van der Waals surface area contributed by atoms with Crippen molar-refractivity contribution in [3.8, 4) is 5.75 Å². The monoisotopic (exact) mass is 704 g/mol. The zero-order valence-electron chi connectivity index (χ0n) is 23.6. The number of likely N-dealkylation sites (tertiary alicyclic amines) is 1. The Labute approximate surface area is 262 Å². The lowest BCUT2D eigenvalue weighted by atomic mass is 9.97. The summed E-state index contributed by atoms with van der Waals surface area (Å²) >= 11 is 5.63. The van der Waals surface area contributed by atoms with Crippen molar-refractivity contribution in [2.75, 3.05) is 13.1 Å². The van der Waals surface area contributed by atoms with Gasteiger partial charge in [-0.1, -0.05) is 16.1 Å². The Morgan fingerprint density at radius 3 is 2.11 bits per heavy atom. The lowest BCUT2D eigenvalue weighted by Gasteiger charge is -2.33. The molecule has 2 aromatic rings. The topological polar surface area (TPSA) is 93.2 Å². The largest absolute Gasteiger partial charge is 0.493 e. The maximum absolute atomic E-state index is 15.4. The number of hydrogen-bond acceptors (Lipinski definition) is 7. The zero-order valence-corrected chi connectivity index (χ0v) is 25.1. The van der Waals surface area contributed by atoms with E-state index in [2.05, 4.69) is 4.84 Å². The first-order valence-corrected chi connectivity index (χ1v) is 15.9. The van der Waals surface area contributed by atoms with Crippen LogP contribution in [0.1, 0.15) is 71.5 Å². The summed E-state index contributed by atoms with van der Waals surface area (Å²) in [5.74, 6) is -7.92. The molecule has 1 saturated heterocycles. The molecule has 46 heavy (non-hydrogen) atoms. The van der Waals surface area contributed by atoms with Gasteiger partial charge in [0.25, 0.3) is 10.0 Å². The highest BCUT2D eigenvalue weighted by molar-refractivity contribution is 7.90. The third kappa shape index (κ3) is 7.51. The van der Waals surface area contributed by atoms with E-state index in [1.165, 1.54) is 0 Å². The highest BCUT2D eigenvalue weighted by Gasteiger charge is 2.50. The maximum Gasteiger partial charge on any atom is 0.493 e. The molecule has 2 aromatic carbocycles. The molecule has 5 rings (SSSR count). The highest BCUT2D eigenvalue weighted by atomic mass is 35.5. The minimum atomic E-state index is -5.63. The summed E-state index contributed by atoms with van der Waals surface area (Å²) in [4.78, 5) is 30.4. The van der Waals surface area contributed by atoms with E-state index < -0.39 is 83.6 Å². The van der Waals surface area contributed by atoms with Crippen molar-refractivity contribution in [1.29, 1.82) is 0 Å². The Morgan fingerprint density at radius 1 is 0.935 bits per heavy atom. The minimum Gasteiger partial charge on any atom is -0.487 e. The number of halogens is 9. The van der Waals surface area contributed by atoms with Gasteiger partial charge in [0.1, 0.15) is 11.9 Å². The molecule has 0 radical (unpaired) electrons. The molecule has 18 heteroatoms. The summed E-state index contributed by atoms with van der Waals surface area (Å²) < 4.78 is 138. The van der Waals surface area contributed by atoms with E-state index in [9.17, 15) is 48.7 Å². The van der Waals surface area contributed by atoms with Crippen LogP contribution in [0.25, 0.3) is 0 Å². The van der Waals surface area contributed by atoms with Crippen LogP contribution in [0.15, 0.2) is 24.3 Å². The second-order valence-corrected chi connectivity index (χ2v) is 13.8. The molecule has 0 N–H and O–H groups in total. The number of rotatable bonds is 8. The van der Waals surface area contributed by atoms with E-state index in [0.29, 0.717) is 49.2 Å². The van der Waals surface area contributed by atoms with Crippen LogP contribution >= 0.6 is 11.6 Å². The summed E-state index contributed by atoms with van der Waals surface area (Å²) in [6.07, 6.45) is -9.27. The Morgan fingerprint density at radius 2 is 1.57 bits per heavy atom. The van der Waals surface area contributed by atoms with Gasteiger partial charge in [0.15, 0.2) is 11.6 Å². The van der Waals surface area contributed by atoms with Crippen LogP contribution in [-0.2, 0) is 32.4 Å². The molecule has 0 unspecified atom stereocenters. The molecule has 2 aliphatic carbocycles. The molecule has 252 valence electrons. The van der Waals surface area contributed by atoms with E-state index in [1.54, 1.807) is 0 Å². The van der Waals surface area contributed by atoms with E-state index in [1.807, 2.05) is 4.90 Å². The molecule has 0 aromatic heterocycles. The van der Waals surface area contributed by atoms with Gasteiger partial charge in [-0.2, -0.15) is 26.3 Å². The summed E-state index contributed by atoms with van der Waals surface area (Å²) in [6, 6.07) is 3.01. The molecule has 0 spiro atoms. The van der Waals surface area contributed by atoms with Crippen molar-refractivity contribution in [3.05, 3.63) is 63.2 Å². The van der Waals surface area contributed by atoms with E-state index in [-0.39, 0.29) is 38.1 Å². The van der Waals surface area contributed by atoms with Crippen molar-refractivity contribution in [3.63, 3.8) is 0 Å². The number of nitrogens with zero attached hydrogens (tertiary/aromatic N) is 2. The number of hydrogen-bond donors (Lipinski definition) is 0. The van der Waals surface area contributed by atoms with Gasteiger partial charge in [-0.25, -0.2) is 22.0 Å². The van der Waals surface area contributed by atoms with Crippen molar-refractivity contribution < 1.29 is 62.7 Å². The summed E-state index contributed by atoms with van der Waals surface area (Å²) in [6.45, 7) is 0.721. The number of piperidine rings is 1. The lowest BCUT2D eigenvalue weighted by Crippen LogP contribution is -2.44. The fourth-order valence-corrected chi connectivity index (χ4v) is 6.78. The van der Waals surface area contributed by atoms with Gasteiger partial charge in [-0.05, 0) is 79.8 Å². The fourth-order valence-electron chi connectivity index (χ4n) is 5.06. The van der Waals surface area contributed by atoms with Crippen molar-refractivity contribution in [2.24, 2.45) is 0 Å². The van der Waals surface area contributed by atoms with Crippen molar-refractivity contribution in [2.45, 2.75) is 74.7 Å². The minimum absolute atomic E-state index is 0.00872. The Bertz CT molecular complexity index is 1640. The highest BCUT2D eigenvalue weighted by Crippen LogP contribution is 2.44. The average molecular weight is 705 g/mol. The molecular formula is C28H25ClF8N2O6S. The maximum atomic E-state index is 15.4. The van der Waals surface area contributed by atoms with E-state index in [4.69, 9.17) is 16.3 Å². The van der Waals surface area contributed by atoms with Crippen LogP contribution in [0.4, 0.5) is 35.1 Å². The van der Waals surface area contributed by atoms with Crippen molar-refractivity contribution >= 4 is 33.5 Å². The van der Waals surface area contributed by atoms with Gasteiger partial charge in [-0.3, -0.25) is 9.69 Å². The van der Waals surface area contributed by atoms with Crippen LogP contribution in [0, 0.1) is 11.6 Å². The molecular weight excluding hydrogens is 680 g/mol. The Hall–Kier alpha value is -3.18. The predicted molar refractivity (Wildman–Crippen MR) is 144 cm³/mol. The third-order valence-corrected chi connectivity index (χ3v) is 10.1. The van der Waals surface area contributed by atoms with Gasteiger partial charge in [0.2, 0.25) is 0 Å². The first kappa shape index (κ1) is 34.2. The second kappa shape index (κ2) is 12.4. The van der Waals surface area contributed by atoms with Crippen LogP contribution < -0.4 is 4.74 Å². The normalized spacial score (nSPS) is 18.4. The molecule has 1 amide bonds. The Kier molecular flexibility index (Phi) is 9.24. The average Bonchev–Trinajstić information content (AvgIpc) is 3.86.